The van der Waals surface area contributed by atoms with E-state index in [0.29, 0.717) is 13.0 Å². The van der Waals surface area contributed by atoms with Crippen LogP contribution in [0.3, 0.4) is 0 Å². The number of hydrogen-bond donors (Lipinski definition) is 2. The minimum absolute atomic E-state index is 0.00452. The summed E-state index contributed by atoms with van der Waals surface area (Å²) in [5.74, 6) is -0.361. The summed E-state index contributed by atoms with van der Waals surface area (Å²) < 4.78 is 1.27. The lowest BCUT2D eigenvalue weighted by atomic mass is 10.2. The molecule has 2 rings (SSSR count). The maximum atomic E-state index is 12.6. The van der Waals surface area contributed by atoms with Crippen molar-refractivity contribution in [2.45, 2.75) is 33.7 Å². The highest BCUT2D eigenvalue weighted by Crippen LogP contribution is 2.19. The average Bonchev–Trinajstić information content (AvgIpc) is 2.58. The monoisotopic (exact) mass is 356 g/mol. The molecule has 0 atom stereocenters. The van der Waals surface area contributed by atoms with E-state index in [9.17, 15) is 14.4 Å². The maximum Gasteiger partial charge on any atom is 0.330 e. The molecule has 0 aliphatic heterocycles. The molecule has 0 aliphatic rings. The standard InChI is InChI=1S/C19H24N4O3/c1-4-10-22(15(24)11-13(2)3)16-17(20)23(19(26)21-18(16)25)12-14-8-6-5-7-9-14/h5-9,11H,4,10,12,20H2,1-3H3,(H,21,25,26). The van der Waals surface area contributed by atoms with Crippen LogP contribution in [0, 0.1) is 0 Å². The average molecular weight is 356 g/mol. The zero-order valence-electron chi connectivity index (χ0n) is 15.3. The lowest BCUT2D eigenvalue weighted by Crippen LogP contribution is -2.41. The van der Waals surface area contributed by atoms with Crippen LogP contribution in [0.5, 0.6) is 0 Å². The first kappa shape index (κ1) is 19.2. The van der Waals surface area contributed by atoms with Crippen LogP contribution in [0.15, 0.2) is 51.6 Å². The van der Waals surface area contributed by atoms with Gasteiger partial charge < -0.3 is 10.6 Å². The van der Waals surface area contributed by atoms with E-state index in [4.69, 9.17) is 5.73 Å². The predicted molar refractivity (Wildman–Crippen MR) is 103 cm³/mol. The lowest BCUT2D eigenvalue weighted by Gasteiger charge is -2.23. The molecular weight excluding hydrogens is 332 g/mol. The summed E-state index contributed by atoms with van der Waals surface area (Å²) in [6.45, 7) is 6.01. The van der Waals surface area contributed by atoms with E-state index in [2.05, 4.69) is 4.98 Å². The lowest BCUT2D eigenvalue weighted by molar-refractivity contribution is -0.114. The Kier molecular flexibility index (Phi) is 6.16. The van der Waals surface area contributed by atoms with Crippen LogP contribution in [0.25, 0.3) is 0 Å². The van der Waals surface area contributed by atoms with Gasteiger partial charge in [-0.25, -0.2) is 4.79 Å². The first-order valence-corrected chi connectivity index (χ1v) is 8.48. The predicted octanol–water partition coefficient (Wildman–Crippen LogP) is 1.88. The Bertz CT molecular complexity index is 922. The summed E-state index contributed by atoms with van der Waals surface area (Å²) in [4.78, 5) is 40.8. The Balaban J connectivity index is 2.58. The molecule has 0 bridgehead atoms. The van der Waals surface area contributed by atoms with Crippen molar-refractivity contribution < 1.29 is 4.79 Å². The number of aromatic nitrogens is 2. The highest BCUT2D eigenvalue weighted by Gasteiger charge is 2.22. The minimum atomic E-state index is -0.666. The van der Waals surface area contributed by atoms with Crippen LogP contribution in [0.4, 0.5) is 11.5 Å². The molecular formula is C19H24N4O3. The van der Waals surface area contributed by atoms with Crippen molar-refractivity contribution in [3.8, 4) is 0 Å². The normalized spacial score (nSPS) is 10.4. The van der Waals surface area contributed by atoms with Crippen LogP contribution < -0.4 is 21.9 Å². The minimum Gasteiger partial charge on any atom is -0.383 e. The number of H-pyrrole nitrogens is 1. The van der Waals surface area contributed by atoms with Gasteiger partial charge in [0, 0.05) is 12.6 Å². The summed E-state index contributed by atoms with van der Waals surface area (Å²) in [7, 11) is 0. The van der Waals surface area contributed by atoms with Gasteiger partial charge in [0.15, 0.2) is 5.69 Å². The van der Waals surface area contributed by atoms with Gasteiger partial charge >= 0.3 is 5.69 Å². The van der Waals surface area contributed by atoms with E-state index in [1.807, 2.05) is 37.3 Å². The Morgan fingerprint density at radius 3 is 2.46 bits per heavy atom. The van der Waals surface area contributed by atoms with Gasteiger partial charge in [0.05, 0.1) is 6.54 Å². The highest BCUT2D eigenvalue weighted by molar-refractivity contribution is 6.03. The fourth-order valence-corrected chi connectivity index (χ4v) is 2.64. The third-order valence-electron chi connectivity index (χ3n) is 3.79. The molecule has 1 heterocycles. The molecule has 0 aliphatic carbocycles. The first-order chi connectivity index (χ1) is 12.3. The van der Waals surface area contributed by atoms with Crippen molar-refractivity contribution in [3.05, 3.63) is 68.4 Å². The molecule has 0 saturated heterocycles. The van der Waals surface area contributed by atoms with Crippen molar-refractivity contribution in [2.24, 2.45) is 0 Å². The zero-order valence-corrected chi connectivity index (χ0v) is 15.3. The van der Waals surface area contributed by atoms with Gasteiger partial charge in [-0.3, -0.25) is 19.1 Å². The van der Waals surface area contributed by atoms with Gasteiger partial charge in [0.1, 0.15) is 5.82 Å². The van der Waals surface area contributed by atoms with Gasteiger partial charge in [-0.05, 0) is 25.8 Å². The summed E-state index contributed by atoms with van der Waals surface area (Å²) in [6.07, 6.45) is 2.08. The quantitative estimate of drug-likeness (QED) is 0.772. The Morgan fingerprint density at radius 1 is 1.23 bits per heavy atom. The van der Waals surface area contributed by atoms with Gasteiger partial charge in [-0.1, -0.05) is 42.8 Å². The van der Waals surface area contributed by atoms with Crippen LogP contribution in [0.1, 0.15) is 32.8 Å². The van der Waals surface area contributed by atoms with E-state index in [0.717, 1.165) is 11.1 Å². The second-order valence-electron chi connectivity index (χ2n) is 6.28. The summed E-state index contributed by atoms with van der Waals surface area (Å²) in [6, 6.07) is 9.29. The summed E-state index contributed by atoms with van der Waals surface area (Å²) >= 11 is 0. The molecule has 0 saturated carbocycles. The maximum absolute atomic E-state index is 12.6. The number of nitrogens with two attached hydrogens (primary N) is 1. The first-order valence-electron chi connectivity index (χ1n) is 8.48. The molecule has 138 valence electrons. The Morgan fingerprint density at radius 2 is 1.88 bits per heavy atom. The highest BCUT2D eigenvalue weighted by atomic mass is 16.2. The van der Waals surface area contributed by atoms with Crippen molar-refractivity contribution in [1.29, 1.82) is 0 Å². The molecule has 0 spiro atoms. The van der Waals surface area contributed by atoms with Crippen LogP contribution in [0.2, 0.25) is 0 Å². The number of rotatable bonds is 6. The van der Waals surface area contributed by atoms with Gasteiger partial charge in [-0.2, -0.15) is 0 Å². The summed E-state index contributed by atoms with van der Waals surface area (Å²) in [5.41, 5.74) is 6.56. The number of hydrogen-bond acceptors (Lipinski definition) is 4. The Hall–Kier alpha value is -3.09. The smallest absolute Gasteiger partial charge is 0.330 e. The topological polar surface area (TPSA) is 101 Å². The number of nitrogen functional groups attached to an aromatic ring is 1. The number of amides is 1. The van der Waals surface area contributed by atoms with Crippen molar-refractivity contribution in [2.75, 3.05) is 17.2 Å². The molecule has 2 aromatic rings. The number of nitrogens with zero attached hydrogens (tertiary/aromatic N) is 2. The molecule has 26 heavy (non-hydrogen) atoms. The number of anilines is 2. The van der Waals surface area contributed by atoms with E-state index in [-0.39, 0.29) is 24.0 Å². The van der Waals surface area contributed by atoms with E-state index in [1.54, 1.807) is 13.8 Å². The van der Waals surface area contributed by atoms with Gasteiger partial charge in [0.2, 0.25) is 0 Å². The fraction of sp³-hybridized carbons (Fsp3) is 0.316. The van der Waals surface area contributed by atoms with E-state index in [1.165, 1.54) is 15.5 Å². The molecule has 0 radical (unpaired) electrons. The van der Waals surface area contributed by atoms with Crippen LogP contribution >= 0.6 is 0 Å². The fourth-order valence-electron chi connectivity index (χ4n) is 2.64. The van der Waals surface area contributed by atoms with Crippen molar-refractivity contribution in [1.82, 2.24) is 9.55 Å². The molecule has 1 aromatic heterocycles. The molecule has 0 fully saturated rings. The van der Waals surface area contributed by atoms with Crippen LogP contribution in [-0.4, -0.2) is 22.0 Å². The molecule has 7 heteroatoms. The number of allylic oxidation sites excluding steroid dienone is 1. The zero-order chi connectivity index (χ0) is 19.3. The molecule has 1 amide bonds. The van der Waals surface area contributed by atoms with Crippen molar-refractivity contribution in [3.63, 3.8) is 0 Å². The third kappa shape index (κ3) is 4.30. The van der Waals surface area contributed by atoms with Crippen LogP contribution in [-0.2, 0) is 11.3 Å². The number of nitrogens with one attached hydrogen (secondary N) is 1. The number of carbonyl (C=O) groups excluding carboxylic acids is 1. The van der Waals surface area contributed by atoms with Gasteiger partial charge in [-0.15, -0.1) is 0 Å². The molecule has 0 unspecified atom stereocenters. The number of aromatic amines is 1. The summed E-state index contributed by atoms with van der Waals surface area (Å²) in [5, 5.41) is 0. The van der Waals surface area contributed by atoms with E-state index >= 15 is 0 Å². The second-order valence-corrected chi connectivity index (χ2v) is 6.28. The van der Waals surface area contributed by atoms with E-state index < -0.39 is 11.2 Å². The third-order valence-corrected chi connectivity index (χ3v) is 3.79. The second kappa shape index (κ2) is 8.33. The molecule has 3 N–H and O–H groups in total. The number of benzene rings is 1. The SMILES string of the molecule is CCCN(C(=O)C=C(C)C)c1c(N)n(Cc2ccccc2)c(=O)[nH]c1=O. The molecule has 7 nitrogen and oxygen atoms in total. The molecule has 1 aromatic carbocycles. The number of carbonyl (C=O) groups is 1. The van der Waals surface area contributed by atoms with Crippen molar-refractivity contribution >= 4 is 17.4 Å². The Labute approximate surface area is 151 Å². The van der Waals surface area contributed by atoms with Gasteiger partial charge in [0.25, 0.3) is 11.5 Å². The largest absolute Gasteiger partial charge is 0.383 e.